The number of carbonyl (C=O) groups excluding carboxylic acids is 2. The molecule has 43 heavy (non-hydrogen) atoms. The first kappa shape index (κ1) is 34.1. The summed E-state index contributed by atoms with van der Waals surface area (Å²) in [4.78, 5) is 29.2. The third kappa shape index (κ3) is 11.0. The van der Waals surface area contributed by atoms with E-state index in [0.717, 1.165) is 21.9 Å². The first-order valence-electron chi connectivity index (χ1n) is 14.5. The van der Waals surface area contributed by atoms with Gasteiger partial charge in [0.2, 0.25) is 21.8 Å². The van der Waals surface area contributed by atoms with Gasteiger partial charge in [0.05, 0.1) is 18.6 Å². The summed E-state index contributed by atoms with van der Waals surface area (Å²) in [5, 5.41) is 3.02. The lowest BCUT2D eigenvalue weighted by Gasteiger charge is -2.32. The van der Waals surface area contributed by atoms with Gasteiger partial charge in [-0.1, -0.05) is 72.2 Å². The van der Waals surface area contributed by atoms with Crippen molar-refractivity contribution in [1.29, 1.82) is 0 Å². The molecule has 3 aromatic rings. The average molecular weight is 673 g/mol. The van der Waals surface area contributed by atoms with Crippen LogP contribution in [0.3, 0.4) is 0 Å². The van der Waals surface area contributed by atoms with Gasteiger partial charge in [-0.05, 0) is 66.8 Å². The van der Waals surface area contributed by atoms with E-state index in [0.29, 0.717) is 31.0 Å². The molecule has 3 aromatic carbocycles. The summed E-state index contributed by atoms with van der Waals surface area (Å²) >= 11 is 3.46. The van der Waals surface area contributed by atoms with Gasteiger partial charge in [-0.25, -0.2) is 8.42 Å². The quantitative estimate of drug-likeness (QED) is 0.208. The van der Waals surface area contributed by atoms with Crippen molar-refractivity contribution < 1.29 is 22.7 Å². The maximum atomic E-state index is 13.9. The molecule has 0 aliphatic carbocycles. The van der Waals surface area contributed by atoms with E-state index in [2.05, 4.69) is 21.2 Å². The molecule has 8 nitrogen and oxygen atoms in total. The monoisotopic (exact) mass is 671 g/mol. The fourth-order valence-electron chi connectivity index (χ4n) is 4.64. The Morgan fingerprint density at radius 2 is 1.58 bits per heavy atom. The molecule has 0 radical (unpaired) electrons. The number of benzene rings is 3. The van der Waals surface area contributed by atoms with Crippen LogP contribution in [0.15, 0.2) is 83.3 Å². The van der Waals surface area contributed by atoms with Gasteiger partial charge in [0.15, 0.2) is 0 Å². The Hall–Kier alpha value is -3.37. The highest BCUT2D eigenvalue weighted by Gasteiger charge is 2.30. The van der Waals surface area contributed by atoms with Crippen molar-refractivity contribution in [2.24, 2.45) is 5.92 Å². The Kier molecular flexibility index (Phi) is 13.1. The predicted octanol–water partition coefficient (Wildman–Crippen LogP) is 5.81. The lowest BCUT2D eigenvalue weighted by molar-refractivity contribution is -0.141. The fourth-order valence-corrected chi connectivity index (χ4v) is 5.87. The number of amides is 2. The normalized spacial score (nSPS) is 12.0. The summed E-state index contributed by atoms with van der Waals surface area (Å²) in [7, 11) is -3.60. The number of rotatable bonds is 16. The third-order valence-corrected chi connectivity index (χ3v) is 8.53. The minimum atomic E-state index is -3.60. The van der Waals surface area contributed by atoms with Crippen molar-refractivity contribution >= 4 is 43.5 Å². The molecule has 0 unspecified atom stereocenters. The lowest BCUT2D eigenvalue weighted by atomic mass is 10.0. The van der Waals surface area contributed by atoms with Crippen molar-refractivity contribution in [2.45, 2.75) is 52.6 Å². The summed E-state index contributed by atoms with van der Waals surface area (Å²) in [5.74, 6) is 0.471. The van der Waals surface area contributed by atoms with Crippen LogP contribution in [0.4, 0.5) is 5.69 Å². The van der Waals surface area contributed by atoms with E-state index in [-0.39, 0.29) is 43.7 Å². The van der Waals surface area contributed by atoms with Crippen molar-refractivity contribution in [3.05, 3.63) is 94.5 Å². The van der Waals surface area contributed by atoms with E-state index in [1.165, 1.54) is 4.31 Å². The molecule has 0 saturated carbocycles. The number of nitrogens with one attached hydrogen (secondary N) is 1. The highest BCUT2D eigenvalue weighted by Crippen LogP contribution is 2.23. The number of nitrogens with zero attached hydrogens (tertiary/aromatic N) is 2. The molecule has 0 heterocycles. The van der Waals surface area contributed by atoms with Gasteiger partial charge in [0, 0.05) is 36.9 Å². The molecule has 1 N–H and O–H groups in total. The topological polar surface area (TPSA) is 96.0 Å². The van der Waals surface area contributed by atoms with Crippen molar-refractivity contribution in [3.63, 3.8) is 0 Å². The molecule has 2 amide bonds. The highest BCUT2D eigenvalue weighted by molar-refractivity contribution is 9.10. The van der Waals surface area contributed by atoms with Crippen molar-refractivity contribution in [3.8, 4) is 5.75 Å². The van der Waals surface area contributed by atoms with Crippen LogP contribution in [0.2, 0.25) is 0 Å². The molecule has 0 bridgehead atoms. The number of halogens is 1. The minimum absolute atomic E-state index is 0.0718. The van der Waals surface area contributed by atoms with Crippen LogP contribution < -0.4 is 14.4 Å². The summed E-state index contributed by atoms with van der Waals surface area (Å²) in [6.45, 7) is 7.29. The number of hydrogen-bond acceptors (Lipinski definition) is 5. The first-order chi connectivity index (χ1) is 20.5. The summed E-state index contributed by atoms with van der Waals surface area (Å²) < 4.78 is 33.1. The van der Waals surface area contributed by atoms with Crippen LogP contribution in [0, 0.1) is 5.92 Å². The number of carbonyl (C=O) groups is 2. The van der Waals surface area contributed by atoms with Crippen LogP contribution in [-0.4, -0.2) is 57.1 Å². The van der Waals surface area contributed by atoms with Crippen molar-refractivity contribution in [1.82, 2.24) is 10.2 Å². The van der Waals surface area contributed by atoms with Crippen LogP contribution in [0.1, 0.15) is 44.7 Å². The molecule has 0 saturated heterocycles. The van der Waals surface area contributed by atoms with Gasteiger partial charge in [0.25, 0.3) is 0 Å². The van der Waals surface area contributed by atoms with Crippen LogP contribution in [0.25, 0.3) is 0 Å². The SMILES string of the molecule is CCOc1ccc(N(CCCC(=O)N(Cc2ccc(Br)cc2)[C@@H](Cc2ccccc2)C(=O)NCC(C)C)S(C)(=O)=O)cc1. The minimum Gasteiger partial charge on any atom is -0.494 e. The molecule has 232 valence electrons. The average Bonchev–Trinajstić information content (AvgIpc) is 2.97. The van der Waals surface area contributed by atoms with Crippen LogP contribution >= 0.6 is 15.9 Å². The van der Waals surface area contributed by atoms with E-state index in [4.69, 9.17) is 4.74 Å². The molecule has 0 aliphatic rings. The molecule has 0 fully saturated rings. The van der Waals surface area contributed by atoms with E-state index < -0.39 is 16.1 Å². The summed E-state index contributed by atoms with van der Waals surface area (Å²) in [6, 6.07) is 23.4. The van der Waals surface area contributed by atoms with E-state index in [1.807, 2.05) is 75.4 Å². The largest absolute Gasteiger partial charge is 0.494 e. The van der Waals surface area contributed by atoms with Crippen molar-refractivity contribution in [2.75, 3.05) is 30.3 Å². The van der Waals surface area contributed by atoms with Gasteiger partial charge >= 0.3 is 0 Å². The van der Waals surface area contributed by atoms with Gasteiger partial charge in [-0.3, -0.25) is 13.9 Å². The molecule has 3 rings (SSSR count). The maximum absolute atomic E-state index is 13.9. The Bertz CT molecular complexity index is 1420. The molecule has 0 aromatic heterocycles. The van der Waals surface area contributed by atoms with Crippen LogP contribution in [-0.2, 0) is 32.6 Å². The maximum Gasteiger partial charge on any atom is 0.243 e. The zero-order valence-electron chi connectivity index (χ0n) is 25.3. The zero-order valence-corrected chi connectivity index (χ0v) is 27.7. The Morgan fingerprint density at radius 3 is 2.16 bits per heavy atom. The van der Waals surface area contributed by atoms with E-state index >= 15 is 0 Å². The molecular formula is C33H42BrN3O5S. The Labute approximate surface area is 264 Å². The summed E-state index contributed by atoms with van der Waals surface area (Å²) in [6.07, 6.45) is 1.86. The highest BCUT2D eigenvalue weighted by atomic mass is 79.9. The first-order valence-corrected chi connectivity index (χ1v) is 17.2. The zero-order chi connectivity index (χ0) is 31.4. The number of sulfonamides is 1. The molecule has 1 atom stereocenters. The smallest absolute Gasteiger partial charge is 0.243 e. The lowest BCUT2D eigenvalue weighted by Crippen LogP contribution is -2.51. The fraction of sp³-hybridized carbons (Fsp3) is 0.394. The Balaban J connectivity index is 1.85. The van der Waals surface area contributed by atoms with Gasteiger partial charge < -0.3 is 15.0 Å². The Morgan fingerprint density at radius 1 is 0.930 bits per heavy atom. The van der Waals surface area contributed by atoms with Gasteiger partial charge in [-0.2, -0.15) is 0 Å². The van der Waals surface area contributed by atoms with Gasteiger partial charge in [0.1, 0.15) is 11.8 Å². The second-order valence-electron chi connectivity index (χ2n) is 10.9. The standard InChI is InChI=1S/C33H42BrN3O5S/c1-5-42-30-19-17-29(18-20-30)37(43(4,40)41)21-9-12-32(38)36(24-27-13-15-28(34)16-14-27)31(33(39)35-23-25(2)3)22-26-10-7-6-8-11-26/h6-8,10-11,13-20,25,31H,5,9,12,21-24H2,1-4H3,(H,35,39)/t31-/m0/s1. The molecule has 0 aliphatic heterocycles. The third-order valence-electron chi connectivity index (χ3n) is 6.81. The van der Waals surface area contributed by atoms with E-state index in [9.17, 15) is 18.0 Å². The number of hydrogen-bond donors (Lipinski definition) is 1. The molecule has 0 spiro atoms. The van der Waals surface area contributed by atoms with E-state index in [1.54, 1.807) is 29.2 Å². The molecule has 10 heteroatoms. The second-order valence-corrected chi connectivity index (χ2v) is 13.7. The number of anilines is 1. The second kappa shape index (κ2) is 16.5. The summed E-state index contributed by atoms with van der Waals surface area (Å²) in [5.41, 5.74) is 2.33. The van der Waals surface area contributed by atoms with Crippen LogP contribution in [0.5, 0.6) is 5.75 Å². The number of ether oxygens (including phenoxy) is 1. The van der Waals surface area contributed by atoms with Gasteiger partial charge in [-0.15, -0.1) is 0 Å². The molecular weight excluding hydrogens is 630 g/mol. The predicted molar refractivity (Wildman–Crippen MR) is 176 cm³/mol.